The highest BCUT2D eigenvalue weighted by Gasteiger charge is 2.22. The van der Waals surface area contributed by atoms with Crippen LogP contribution < -0.4 is 11.2 Å². The smallest absolute Gasteiger partial charge is 0.299 e. The molecule has 2 rings (SSSR count). The van der Waals surface area contributed by atoms with E-state index in [-0.39, 0.29) is 22.6 Å². The third-order valence-corrected chi connectivity index (χ3v) is 5.19. The average Bonchev–Trinajstić information content (AvgIpc) is 2.55. The number of carbonyl (C=O) groups excluding carboxylic acids is 1. The molecular formula is C17H24N4O3S. The van der Waals surface area contributed by atoms with Crippen molar-refractivity contribution in [2.75, 3.05) is 0 Å². The Morgan fingerprint density at radius 2 is 1.84 bits per heavy atom. The molecule has 0 spiro atoms. The molecule has 2 heterocycles. The van der Waals surface area contributed by atoms with Crippen molar-refractivity contribution in [3.05, 3.63) is 26.7 Å². The Balaban J connectivity index is 2.93. The molecule has 0 saturated carbocycles. The predicted molar refractivity (Wildman–Crippen MR) is 99.4 cm³/mol. The summed E-state index contributed by atoms with van der Waals surface area (Å²) in [5, 5.41) is 0.425. The topological polar surface area (TPSA) is 86.9 Å². The number of hydrogen-bond acceptors (Lipinski definition) is 6. The molecule has 0 aliphatic heterocycles. The third kappa shape index (κ3) is 3.68. The number of fused-ring (bicyclic) bond motifs is 1. The molecule has 0 radical (unpaired) electrons. The van der Waals surface area contributed by atoms with Crippen molar-refractivity contribution in [3.8, 4) is 0 Å². The monoisotopic (exact) mass is 364 g/mol. The minimum absolute atomic E-state index is 0.00145. The van der Waals surface area contributed by atoms with Crippen LogP contribution in [-0.2, 0) is 18.4 Å². The molecule has 136 valence electrons. The molecule has 0 fully saturated rings. The maximum absolute atomic E-state index is 12.7. The minimum Gasteiger partial charge on any atom is -0.299 e. The van der Waals surface area contributed by atoms with Gasteiger partial charge in [-0.3, -0.25) is 18.7 Å². The molecule has 0 aliphatic carbocycles. The van der Waals surface area contributed by atoms with Crippen LogP contribution in [0, 0.1) is 0 Å². The molecule has 0 N–H and O–H groups in total. The highest BCUT2D eigenvalue weighted by molar-refractivity contribution is 8.00. The van der Waals surface area contributed by atoms with Gasteiger partial charge in [0.15, 0.2) is 5.65 Å². The Hall–Kier alpha value is -1.96. The summed E-state index contributed by atoms with van der Waals surface area (Å²) in [6.07, 6.45) is 0.737. The number of hydrogen-bond donors (Lipinski definition) is 0. The van der Waals surface area contributed by atoms with E-state index in [1.165, 1.54) is 30.3 Å². The molecule has 0 amide bonds. The van der Waals surface area contributed by atoms with Crippen LogP contribution in [0.25, 0.3) is 11.0 Å². The number of ketones is 1. The first kappa shape index (κ1) is 19.4. The number of Topliss-reactive ketones (excluding diaryl/α,β-unsaturated/α-hetero) is 1. The third-order valence-electron chi connectivity index (χ3n) is 3.99. The van der Waals surface area contributed by atoms with E-state index in [1.54, 1.807) is 6.92 Å². The van der Waals surface area contributed by atoms with Crippen LogP contribution in [-0.4, -0.2) is 30.1 Å². The fourth-order valence-corrected chi connectivity index (χ4v) is 3.32. The van der Waals surface area contributed by atoms with E-state index in [9.17, 15) is 14.4 Å². The summed E-state index contributed by atoms with van der Waals surface area (Å²) in [5.41, 5.74) is -0.462. The Labute approximate surface area is 150 Å². The fraction of sp³-hybridized carbons (Fsp3) is 0.588. The minimum atomic E-state index is -0.430. The second-order valence-electron chi connectivity index (χ2n) is 6.41. The summed E-state index contributed by atoms with van der Waals surface area (Å²) >= 11 is 1.24. The Morgan fingerprint density at radius 3 is 2.36 bits per heavy atom. The maximum Gasteiger partial charge on any atom is 0.332 e. The largest absolute Gasteiger partial charge is 0.332 e. The molecule has 0 aliphatic rings. The summed E-state index contributed by atoms with van der Waals surface area (Å²) in [7, 11) is 1.45. The van der Waals surface area contributed by atoms with Crippen molar-refractivity contribution in [1.29, 1.82) is 0 Å². The standard InChI is InChI=1S/C17H24N4O3S/c1-7-8-21-14-12(16(23)20(6)17(21)24)15(25-11(5)10(4)22)19-13(18-14)9(2)3/h9,11H,7-8H2,1-6H3. The van der Waals surface area contributed by atoms with Crippen molar-refractivity contribution in [3.63, 3.8) is 0 Å². The van der Waals surface area contributed by atoms with Crippen LogP contribution in [0.5, 0.6) is 0 Å². The van der Waals surface area contributed by atoms with E-state index in [1.807, 2.05) is 20.8 Å². The SMILES string of the molecule is CCCn1c(=O)n(C)c(=O)c2c(SC(C)C(C)=O)nc(C(C)C)nc21. The van der Waals surface area contributed by atoms with Gasteiger partial charge in [0, 0.05) is 19.5 Å². The lowest BCUT2D eigenvalue weighted by atomic mass is 10.2. The first-order valence-corrected chi connectivity index (χ1v) is 9.25. The molecular weight excluding hydrogens is 340 g/mol. The second kappa shape index (κ2) is 7.51. The van der Waals surface area contributed by atoms with Crippen LogP contribution in [0.4, 0.5) is 0 Å². The van der Waals surface area contributed by atoms with E-state index in [2.05, 4.69) is 9.97 Å². The zero-order valence-corrected chi connectivity index (χ0v) is 16.3. The lowest BCUT2D eigenvalue weighted by Gasteiger charge is -2.16. The van der Waals surface area contributed by atoms with Crippen LogP contribution in [0.1, 0.15) is 52.8 Å². The summed E-state index contributed by atoms with van der Waals surface area (Å²) in [5.74, 6) is 0.593. The van der Waals surface area contributed by atoms with Crippen LogP contribution in [0.15, 0.2) is 14.6 Å². The molecule has 1 unspecified atom stereocenters. The van der Waals surface area contributed by atoms with Gasteiger partial charge >= 0.3 is 5.69 Å². The molecule has 0 bridgehead atoms. The zero-order valence-electron chi connectivity index (χ0n) is 15.5. The van der Waals surface area contributed by atoms with E-state index in [0.717, 1.165) is 11.0 Å². The van der Waals surface area contributed by atoms with Gasteiger partial charge in [-0.2, -0.15) is 0 Å². The van der Waals surface area contributed by atoms with Gasteiger partial charge in [-0.1, -0.05) is 32.5 Å². The molecule has 25 heavy (non-hydrogen) atoms. The first-order chi connectivity index (χ1) is 11.7. The number of nitrogens with zero attached hydrogens (tertiary/aromatic N) is 4. The van der Waals surface area contributed by atoms with Crippen molar-refractivity contribution in [1.82, 2.24) is 19.1 Å². The van der Waals surface area contributed by atoms with Crippen molar-refractivity contribution >= 4 is 28.6 Å². The molecule has 1 atom stereocenters. The van der Waals surface area contributed by atoms with Crippen LogP contribution >= 0.6 is 11.8 Å². The molecule has 8 heteroatoms. The van der Waals surface area contributed by atoms with Gasteiger partial charge in [0.1, 0.15) is 22.0 Å². The van der Waals surface area contributed by atoms with Gasteiger partial charge in [0.2, 0.25) is 0 Å². The van der Waals surface area contributed by atoms with E-state index < -0.39 is 5.56 Å². The second-order valence-corrected chi connectivity index (χ2v) is 7.74. The molecule has 0 saturated heterocycles. The van der Waals surface area contributed by atoms with Crippen molar-refractivity contribution in [2.24, 2.45) is 7.05 Å². The van der Waals surface area contributed by atoms with E-state index in [4.69, 9.17) is 0 Å². The van der Waals surface area contributed by atoms with Gasteiger partial charge in [0.25, 0.3) is 5.56 Å². The quantitative estimate of drug-likeness (QED) is 0.576. The number of aryl methyl sites for hydroxylation is 1. The molecule has 2 aromatic rings. The lowest BCUT2D eigenvalue weighted by Crippen LogP contribution is -2.39. The lowest BCUT2D eigenvalue weighted by molar-refractivity contribution is -0.116. The molecule has 7 nitrogen and oxygen atoms in total. The van der Waals surface area contributed by atoms with Gasteiger partial charge in [-0.05, 0) is 20.3 Å². The first-order valence-electron chi connectivity index (χ1n) is 8.37. The van der Waals surface area contributed by atoms with Crippen LogP contribution in [0.2, 0.25) is 0 Å². The normalized spacial score (nSPS) is 12.8. The van der Waals surface area contributed by atoms with Crippen LogP contribution in [0.3, 0.4) is 0 Å². The van der Waals surface area contributed by atoms with Gasteiger partial charge in [-0.15, -0.1) is 0 Å². The number of rotatable bonds is 6. The summed E-state index contributed by atoms with van der Waals surface area (Å²) in [4.78, 5) is 46.0. The average molecular weight is 364 g/mol. The highest BCUT2D eigenvalue weighted by atomic mass is 32.2. The fourth-order valence-electron chi connectivity index (χ4n) is 2.37. The maximum atomic E-state index is 12.7. The number of aromatic nitrogens is 4. The Morgan fingerprint density at radius 1 is 1.20 bits per heavy atom. The van der Waals surface area contributed by atoms with Crippen molar-refractivity contribution < 1.29 is 4.79 Å². The summed E-state index contributed by atoms with van der Waals surface area (Å²) in [6.45, 7) is 9.62. The van der Waals surface area contributed by atoms with Gasteiger partial charge in [0.05, 0.1) is 5.25 Å². The van der Waals surface area contributed by atoms with Gasteiger partial charge < -0.3 is 0 Å². The predicted octanol–water partition coefficient (Wildman–Crippen LogP) is 2.09. The Bertz CT molecular complexity index is 930. The zero-order chi connectivity index (χ0) is 18.9. The number of carbonyl (C=O) groups is 1. The molecule has 2 aromatic heterocycles. The summed E-state index contributed by atoms with van der Waals surface area (Å²) < 4.78 is 2.60. The summed E-state index contributed by atoms with van der Waals surface area (Å²) in [6, 6.07) is 0. The van der Waals surface area contributed by atoms with E-state index in [0.29, 0.717) is 28.4 Å². The Kier molecular flexibility index (Phi) is 5.82. The van der Waals surface area contributed by atoms with E-state index >= 15 is 0 Å². The highest BCUT2D eigenvalue weighted by Crippen LogP contribution is 2.28. The van der Waals surface area contributed by atoms with Gasteiger partial charge in [-0.25, -0.2) is 14.8 Å². The van der Waals surface area contributed by atoms with Crippen molar-refractivity contribution in [2.45, 2.75) is 63.8 Å². The number of thioether (sulfide) groups is 1. The molecule has 0 aromatic carbocycles.